The predicted molar refractivity (Wildman–Crippen MR) is 199 cm³/mol. The Hall–Kier alpha value is -0.910. The molecule has 0 amide bonds. The van der Waals surface area contributed by atoms with Crippen LogP contribution < -0.4 is 0 Å². The standard InChI is InChI=1S/C34H54O4S.3C2H6.CH4/c1-22(2)31(36)21-32(39(37,38)26-10-7-6-8-11-26)23(3)28-12-9-13-29-27-15-14-24-20-25(35)16-18-33(24,4)30(27)17-19-34(28,29)5;3*1-2;/h6-8,10-11,22-25,27-32,35-36H,9,12-21H2,1-5H3;3*1-2H3;1H4/t23-,24?,25-,27?,28?,29?,30?,31+,32?,33-,34?;;;;/m0..../s1. The molecule has 11 atom stereocenters. The van der Waals surface area contributed by atoms with Crippen LogP contribution in [-0.4, -0.2) is 36.1 Å². The largest absolute Gasteiger partial charge is 0.393 e. The molecule has 0 radical (unpaired) electrons. The summed E-state index contributed by atoms with van der Waals surface area (Å²) in [6.07, 6.45) is 11.2. The Bertz CT molecular complexity index is 1090. The average molecular weight is 665 g/mol. The van der Waals surface area contributed by atoms with E-state index in [9.17, 15) is 18.6 Å². The Balaban J connectivity index is 0.00000143. The van der Waals surface area contributed by atoms with Crippen LogP contribution in [0.5, 0.6) is 0 Å². The zero-order valence-corrected chi connectivity index (χ0v) is 31.9. The highest BCUT2D eigenvalue weighted by atomic mass is 32.2. The van der Waals surface area contributed by atoms with Crippen molar-refractivity contribution >= 4 is 9.84 Å². The molecular formula is C41H76O4S. The van der Waals surface area contributed by atoms with Gasteiger partial charge in [-0.25, -0.2) is 8.42 Å². The van der Waals surface area contributed by atoms with Crippen LogP contribution in [0.4, 0.5) is 0 Å². The molecule has 0 heterocycles. The molecule has 4 nitrogen and oxygen atoms in total. The van der Waals surface area contributed by atoms with Gasteiger partial charge in [0.25, 0.3) is 0 Å². The number of fused-ring (bicyclic) bond motifs is 5. The quantitative estimate of drug-likeness (QED) is 0.304. The molecule has 2 N–H and O–H groups in total. The van der Waals surface area contributed by atoms with E-state index in [1.165, 1.54) is 38.5 Å². The second-order valence-corrected chi connectivity index (χ2v) is 17.1. The lowest BCUT2D eigenvalue weighted by Crippen LogP contribution is -2.57. The maximum absolute atomic E-state index is 14.2. The highest BCUT2D eigenvalue weighted by molar-refractivity contribution is 7.92. The minimum Gasteiger partial charge on any atom is -0.393 e. The third-order valence-corrected chi connectivity index (χ3v) is 15.2. The molecule has 270 valence electrons. The molecule has 0 saturated heterocycles. The second kappa shape index (κ2) is 18.7. The Morgan fingerprint density at radius 2 is 1.37 bits per heavy atom. The van der Waals surface area contributed by atoms with Gasteiger partial charge in [0.15, 0.2) is 9.84 Å². The molecule has 0 aliphatic heterocycles. The molecule has 4 saturated carbocycles. The molecule has 1 aromatic rings. The number of aliphatic hydroxyl groups excluding tert-OH is 2. The van der Waals surface area contributed by atoms with E-state index in [4.69, 9.17) is 0 Å². The van der Waals surface area contributed by atoms with Crippen molar-refractivity contribution in [2.75, 3.05) is 0 Å². The molecule has 4 aliphatic carbocycles. The SMILES string of the molecule is C.CC.CC.CC.CC(C)[C@H](O)CC([C@@H](C)C1CCCC2C3CCC4C[C@@H](O)CC[C@]4(C)C3CCC21C)S(=O)(=O)c1ccccc1. The third-order valence-electron chi connectivity index (χ3n) is 12.9. The van der Waals surface area contributed by atoms with Gasteiger partial charge in [0, 0.05) is 0 Å². The lowest BCUT2D eigenvalue weighted by atomic mass is 9.41. The molecule has 0 spiro atoms. The highest BCUT2D eigenvalue weighted by Crippen LogP contribution is 2.67. The first-order chi connectivity index (χ1) is 21.4. The Kier molecular flexibility index (Phi) is 17.6. The van der Waals surface area contributed by atoms with Gasteiger partial charge in [0.2, 0.25) is 0 Å². The van der Waals surface area contributed by atoms with Gasteiger partial charge in [-0.1, -0.05) is 108 Å². The van der Waals surface area contributed by atoms with Gasteiger partial charge in [-0.05, 0) is 129 Å². The van der Waals surface area contributed by atoms with E-state index in [0.29, 0.717) is 34.5 Å². The number of benzene rings is 1. The van der Waals surface area contributed by atoms with E-state index >= 15 is 0 Å². The van der Waals surface area contributed by atoms with E-state index in [2.05, 4.69) is 20.8 Å². The molecule has 5 rings (SSSR count). The molecular weight excluding hydrogens is 589 g/mol. The third kappa shape index (κ3) is 8.62. The fourth-order valence-corrected chi connectivity index (χ4v) is 12.6. The van der Waals surface area contributed by atoms with Crippen molar-refractivity contribution in [3.63, 3.8) is 0 Å². The maximum atomic E-state index is 14.2. The van der Waals surface area contributed by atoms with Crippen LogP contribution in [0.3, 0.4) is 0 Å². The van der Waals surface area contributed by atoms with Crippen molar-refractivity contribution in [3.8, 4) is 0 Å². The van der Waals surface area contributed by atoms with Crippen LogP contribution in [0, 0.1) is 52.3 Å². The maximum Gasteiger partial charge on any atom is 0.181 e. The number of aliphatic hydroxyl groups is 2. The summed E-state index contributed by atoms with van der Waals surface area (Å²) in [5, 5.41) is 20.8. The first-order valence-corrected chi connectivity index (χ1v) is 20.6. The molecule has 46 heavy (non-hydrogen) atoms. The van der Waals surface area contributed by atoms with Crippen molar-refractivity contribution in [1.82, 2.24) is 0 Å². The van der Waals surface area contributed by atoms with E-state index in [1.807, 2.05) is 73.6 Å². The summed E-state index contributed by atoms with van der Waals surface area (Å²) >= 11 is 0. The summed E-state index contributed by atoms with van der Waals surface area (Å²) in [5.74, 6) is 3.13. The zero-order chi connectivity index (χ0) is 34.2. The smallest absolute Gasteiger partial charge is 0.181 e. The van der Waals surface area contributed by atoms with Crippen LogP contribution in [-0.2, 0) is 9.84 Å². The van der Waals surface area contributed by atoms with Gasteiger partial charge in [0.1, 0.15) is 0 Å². The van der Waals surface area contributed by atoms with Gasteiger partial charge < -0.3 is 10.2 Å². The first kappa shape index (κ1) is 43.1. The Labute approximate surface area is 286 Å². The lowest BCUT2D eigenvalue weighted by molar-refractivity contribution is -0.157. The first-order valence-electron chi connectivity index (χ1n) is 19.0. The number of hydrogen-bond acceptors (Lipinski definition) is 4. The van der Waals surface area contributed by atoms with E-state index in [0.717, 1.165) is 37.5 Å². The van der Waals surface area contributed by atoms with Crippen LogP contribution in [0.25, 0.3) is 0 Å². The fourth-order valence-electron chi connectivity index (χ4n) is 10.5. The average Bonchev–Trinajstić information content (AvgIpc) is 3.06. The van der Waals surface area contributed by atoms with Crippen molar-refractivity contribution in [1.29, 1.82) is 0 Å². The van der Waals surface area contributed by atoms with Crippen LogP contribution >= 0.6 is 0 Å². The van der Waals surface area contributed by atoms with Crippen LogP contribution in [0.2, 0.25) is 0 Å². The van der Waals surface area contributed by atoms with Gasteiger partial charge in [0.05, 0.1) is 22.4 Å². The lowest BCUT2D eigenvalue weighted by Gasteiger charge is -2.64. The highest BCUT2D eigenvalue weighted by Gasteiger charge is 2.60. The zero-order valence-electron chi connectivity index (χ0n) is 31.1. The molecule has 1 aromatic carbocycles. The normalized spacial score (nSPS) is 35.3. The van der Waals surface area contributed by atoms with Gasteiger partial charge in [-0.15, -0.1) is 0 Å². The monoisotopic (exact) mass is 665 g/mol. The molecule has 0 aromatic heterocycles. The molecule has 5 heteroatoms. The number of sulfone groups is 1. The van der Waals surface area contributed by atoms with Crippen LogP contribution in [0.1, 0.15) is 154 Å². The Morgan fingerprint density at radius 3 is 1.96 bits per heavy atom. The minimum atomic E-state index is -3.58. The molecule has 7 unspecified atom stereocenters. The summed E-state index contributed by atoms with van der Waals surface area (Å²) in [6, 6.07) is 8.96. The van der Waals surface area contributed by atoms with E-state index in [-0.39, 0.29) is 30.8 Å². The van der Waals surface area contributed by atoms with Gasteiger partial charge in [-0.2, -0.15) is 0 Å². The number of hydrogen-bond donors (Lipinski definition) is 2. The van der Waals surface area contributed by atoms with Gasteiger partial charge in [-0.3, -0.25) is 0 Å². The summed E-state index contributed by atoms with van der Waals surface area (Å²) in [7, 11) is -3.58. The summed E-state index contributed by atoms with van der Waals surface area (Å²) < 4.78 is 28.3. The molecule has 0 bridgehead atoms. The van der Waals surface area contributed by atoms with Crippen molar-refractivity contribution in [2.45, 2.75) is 177 Å². The topological polar surface area (TPSA) is 74.6 Å². The van der Waals surface area contributed by atoms with Gasteiger partial charge >= 0.3 is 0 Å². The van der Waals surface area contributed by atoms with Crippen molar-refractivity contribution < 1.29 is 18.6 Å². The van der Waals surface area contributed by atoms with Crippen molar-refractivity contribution in [3.05, 3.63) is 30.3 Å². The molecule has 4 fully saturated rings. The molecule has 4 aliphatic rings. The van der Waals surface area contributed by atoms with Crippen LogP contribution in [0.15, 0.2) is 35.2 Å². The summed E-state index contributed by atoms with van der Waals surface area (Å²) in [4.78, 5) is 0.393. The number of rotatable bonds is 7. The van der Waals surface area contributed by atoms with Crippen molar-refractivity contribution in [2.24, 2.45) is 52.3 Å². The van der Waals surface area contributed by atoms with E-state index in [1.54, 1.807) is 12.1 Å². The summed E-state index contributed by atoms with van der Waals surface area (Å²) in [6.45, 7) is 23.2. The van der Waals surface area contributed by atoms with E-state index < -0.39 is 21.2 Å². The second-order valence-electron chi connectivity index (χ2n) is 15.0. The predicted octanol–water partition coefficient (Wildman–Crippen LogP) is 11.0. The summed E-state index contributed by atoms with van der Waals surface area (Å²) in [5.41, 5.74) is 0.492. The minimum absolute atomic E-state index is 0. The Morgan fingerprint density at radius 1 is 0.804 bits per heavy atom. The fraction of sp³-hybridized carbons (Fsp3) is 0.854.